The second-order valence-electron chi connectivity index (χ2n) is 6.67. The van der Waals surface area contributed by atoms with E-state index in [1.165, 1.54) is 0 Å². The van der Waals surface area contributed by atoms with Crippen LogP contribution in [0.5, 0.6) is 0 Å². The number of aliphatic hydroxyl groups is 1. The van der Waals surface area contributed by atoms with Gasteiger partial charge in [0.1, 0.15) is 0 Å². The zero-order valence-corrected chi connectivity index (χ0v) is 15.2. The van der Waals surface area contributed by atoms with Crippen molar-refractivity contribution in [1.29, 1.82) is 0 Å². The van der Waals surface area contributed by atoms with Gasteiger partial charge >= 0.3 is 0 Å². The molecule has 138 valence electrons. The zero-order chi connectivity index (χ0) is 18.5. The third kappa shape index (κ3) is 4.83. The van der Waals surface area contributed by atoms with E-state index in [2.05, 4.69) is 4.90 Å². The van der Waals surface area contributed by atoms with Crippen LogP contribution in [-0.2, 0) is 11.2 Å². The van der Waals surface area contributed by atoms with Crippen LogP contribution in [0.15, 0.2) is 54.6 Å². The summed E-state index contributed by atoms with van der Waals surface area (Å²) < 4.78 is 0. The molecule has 1 heterocycles. The third-order valence-electron chi connectivity index (χ3n) is 4.68. The average Bonchev–Trinajstić information content (AvgIpc) is 3.07. The summed E-state index contributed by atoms with van der Waals surface area (Å²) in [6, 6.07) is 16.0. The summed E-state index contributed by atoms with van der Waals surface area (Å²) in [6.45, 7) is 1.79. The number of halogens is 1. The molecular weight excluding hydrogens is 352 g/mol. The number of nitrogens with zero attached hydrogens (tertiary/aromatic N) is 2. The van der Waals surface area contributed by atoms with Crippen LogP contribution in [0.4, 0.5) is 0 Å². The van der Waals surface area contributed by atoms with Crippen LogP contribution in [0.1, 0.15) is 23.6 Å². The minimum Gasteiger partial charge on any atom is -0.392 e. The number of carbonyl (C=O) groups excluding carboxylic acids is 1. The molecule has 0 aromatic heterocycles. The largest absolute Gasteiger partial charge is 0.392 e. The number of hydrogen-bond donors (Lipinski definition) is 2. The summed E-state index contributed by atoms with van der Waals surface area (Å²) in [6.07, 6.45) is 0.467. The fourth-order valence-electron chi connectivity index (χ4n) is 3.25. The second kappa shape index (κ2) is 8.64. The molecule has 0 spiro atoms. The number of β-amino-alcohol motifs (C(OH)–C–C–N with tert-alkyl or cyclic N) is 1. The van der Waals surface area contributed by atoms with Crippen molar-refractivity contribution in [3.63, 3.8) is 0 Å². The predicted octanol–water partition coefficient (Wildman–Crippen LogP) is 2.91. The highest BCUT2D eigenvalue weighted by Crippen LogP contribution is 2.24. The van der Waals surface area contributed by atoms with Gasteiger partial charge in [-0.05, 0) is 29.7 Å². The highest BCUT2D eigenvalue weighted by Gasteiger charge is 2.29. The lowest BCUT2D eigenvalue weighted by Gasteiger charge is -2.30. The lowest BCUT2D eigenvalue weighted by Crippen LogP contribution is -2.40. The van der Waals surface area contributed by atoms with Crippen molar-refractivity contribution in [2.24, 2.45) is 0 Å². The van der Waals surface area contributed by atoms with Gasteiger partial charge in [-0.3, -0.25) is 14.9 Å². The number of likely N-dealkylation sites (tertiary alicyclic amines) is 1. The predicted molar refractivity (Wildman–Crippen MR) is 100 cm³/mol. The number of carbonyl (C=O) groups is 1. The van der Waals surface area contributed by atoms with Crippen molar-refractivity contribution < 1.29 is 15.1 Å². The van der Waals surface area contributed by atoms with Gasteiger partial charge in [0.25, 0.3) is 5.91 Å². The molecule has 2 N–H and O–H groups in total. The Morgan fingerprint density at radius 2 is 1.88 bits per heavy atom. The molecule has 3 rings (SSSR count). The van der Waals surface area contributed by atoms with Crippen molar-refractivity contribution >= 4 is 17.5 Å². The van der Waals surface area contributed by atoms with Crippen LogP contribution in [0.3, 0.4) is 0 Å². The van der Waals surface area contributed by atoms with Gasteiger partial charge in [0.05, 0.1) is 18.6 Å². The number of benzene rings is 2. The van der Waals surface area contributed by atoms with E-state index in [0.717, 1.165) is 22.7 Å². The van der Waals surface area contributed by atoms with Gasteiger partial charge in [0.15, 0.2) is 0 Å². The summed E-state index contributed by atoms with van der Waals surface area (Å²) in [5.74, 6) is -0.374. The third-order valence-corrected chi connectivity index (χ3v) is 4.93. The summed E-state index contributed by atoms with van der Waals surface area (Å²) in [4.78, 5) is 14.7. The topological polar surface area (TPSA) is 64.0 Å². The highest BCUT2D eigenvalue weighted by molar-refractivity contribution is 6.30. The molecule has 0 bridgehead atoms. The van der Waals surface area contributed by atoms with E-state index in [1.54, 1.807) is 24.3 Å². The van der Waals surface area contributed by atoms with Crippen molar-refractivity contribution in [3.05, 3.63) is 70.7 Å². The van der Waals surface area contributed by atoms with Gasteiger partial charge in [-0.15, -0.1) is 0 Å². The second-order valence-corrected chi connectivity index (χ2v) is 7.11. The van der Waals surface area contributed by atoms with Crippen LogP contribution in [0.2, 0.25) is 5.02 Å². The molecule has 26 heavy (non-hydrogen) atoms. The van der Waals surface area contributed by atoms with Crippen molar-refractivity contribution in [3.8, 4) is 0 Å². The summed E-state index contributed by atoms with van der Waals surface area (Å²) >= 11 is 5.88. The first-order valence-corrected chi connectivity index (χ1v) is 9.11. The molecule has 1 aliphatic rings. The first-order chi connectivity index (χ1) is 12.5. The normalized spacial score (nSPS) is 18.7. The van der Waals surface area contributed by atoms with Crippen LogP contribution in [-0.4, -0.2) is 51.9 Å². The fourth-order valence-corrected chi connectivity index (χ4v) is 3.38. The molecular formula is C20H23ClN2O3. The maximum Gasteiger partial charge on any atom is 0.250 e. The Hall–Kier alpha value is -1.92. The molecule has 0 aliphatic carbocycles. The van der Waals surface area contributed by atoms with Crippen LogP contribution < -0.4 is 0 Å². The van der Waals surface area contributed by atoms with Crippen LogP contribution in [0.25, 0.3) is 0 Å². The molecule has 5 nitrogen and oxygen atoms in total. The average molecular weight is 375 g/mol. The van der Waals surface area contributed by atoms with E-state index in [1.807, 2.05) is 30.3 Å². The molecule has 1 amide bonds. The maximum atomic E-state index is 12.6. The maximum absolute atomic E-state index is 12.6. The molecule has 1 aliphatic heterocycles. The van der Waals surface area contributed by atoms with E-state index in [0.29, 0.717) is 24.5 Å². The van der Waals surface area contributed by atoms with E-state index in [4.69, 9.17) is 11.6 Å². The Morgan fingerprint density at radius 3 is 2.50 bits per heavy atom. The number of hydroxylamine groups is 2. The SMILES string of the molecule is O=C(Cc1ccc(Cl)cc1)N(O)C(CN1CCC(O)C1)c1ccccc1. The molecule has 2 atom stereocenters. The Morgan fingerprint density at radius 1 is 1.19 bits per heavy atom. The molecule has 2 aromatic rings. The minimum absolute atomic E-state index is 0.0969. The van der Waals surface area contributed by atoms with E-state index in [-0.39, 0.29) is 18.4 Å². The first-order valence-electron chi connectivity index (χ1n) is 8.73. The van der Waals surface area contributed by atoms with E-state index >= 15 is 0 Å². The Bertz CT molecular complexity index is 724. The molecule has 1 fully saturated rings. The van der Waals surface area contributed by atoms with Crippen molar-refractivity contribution in [2.75, 3.05) is 19.6 Å². The Labute approximate surface area is 158 Å². The molecule has 1 saturated heterocycles. The smallest absolute Gasteiger partial charge is 0.250 e. The summed E-state index contributed by atoms with van der Waals surface area (Å²) in [5, 5.41) is 21.8. The lowest BCUT2D eigenvalue weighted by atomic mass is 10.0. The number of hydrogen-bond acceptors (Lipinski definition) is 4. The molecule has 0 radical (unpaired) electrons. The van der Waals surface area contributed by atoms with Crippen molar-refractivity contribution in [2.45, 2.75) is 25.0 Å². The van der Waals surface area contributed by atoms with Crippen LogP contribution >= 0.6 is 11.6 Å². The Kier molecular flexibility index (Phi) is 6.27. The first kappa shape index (κ1) is 18.9. The zero-order valence-electron chi connectivity index (χ0n) is 14.5. The minimum atomic E-state index is -0.485. The molecule has 6 heteroatoms. The summed E-state index contributed by atoms with van der Waals surface area (Å²) in [5.41, 5.74) is 1.66. The quantitative estimate of drug-likeness (QED) is 0.602. The Balaban J connectivity index is 1.74. The standard InChI is InChI=1S/C20H23ClN2O3/c21-17-8-6-15(7-9-17)12-20(25)23(26)19(16-4-2-1-3-5-16)14-22-11-10-18(24)13-22/h1-9,18-19,24,26H,10-14H2. The van der Waals surface area contributed by atoms with Gasteiger partial charge in [-0.2, -0.15) is 0 Å². The van der Waals surface area contributed by atoms with E-state index in [9.17, 15) is 15.1 Å². The van der Waals surface area contributed by atoms with Gasteiger partial charge in [-0.25, -0.2) is 5.06 Å². The number of rotatable bonds is 6. The van der Waals surface area contributed by atoms with Gasteiger partial charge < -0.3 is 5.11 Å². The monoisotopic (exact) mass is 374 g/mol. The molecule has 2 unspecified atom stereocenters. The van der Waals surface area contributed by atoms with Crippen molar-refractivity contribution in [1.82, 2.24) is 9.96 Å². The van der Waals surface area contributed by atoms with Gasteiger partial charge in [-0.1, -0.05) is 54.1 Å². The van der Waals surface area contributed by atoms with Crippen LogP contribution in [0, 0.1) is 0 Å². The fraction of sp³-hybridized carbons (Fsp3) is 0.350. The highest BCUT2D eigenvalue weighted by atomic mass is 35.5. The number of amides is 1. The summed E-state index contributed by atoms with van der Waals surface area (Å²) in [7, 11) is 0. The molecule has 0 saturated carbocycles. The number of aliphatic hydroxyl groups excluding tert-OH is 1. The molecule has 2 aromatic carbocycles. The van der Waals surface area contributed by atoms with Gasteiger partial charge in [0.2, 0.25) is 0 Å². The lowest BCUT2D eigenvalue weighted by molar-refractivity contribution is -0.177. The van der Waals surface area contributed by atoms with Gasteiger partial charge in [0, 0.05) is 24.7 Å². The van der Waals surface area contributed by atoms with E-state index < -0.39 is 6.04 Å².